The first-order chi connectivity index (χ1) is 8.54. The summed E-state index contributed by atoms with van der Waals surface area (Å²) in [6, 6.07) is 0. The van der Waals surface area contributed by atoms with Crippen LogP contribution in [0, 0.1) is 25.7 Å². The van der Waals surface area contributed by atoms with Crippen molar-refractivity contribution in [3.8, 4) is 0 Å². The molecule has 0 N–H and O–H groups in total. The fourth-order valence-corrected chi connectivity index (χ4v) is 1.46. The minimum atomic E-state index is 0.876. The molecule has 0 heterocycles. The van der Waals surface area contributed by atoms with E-state index in [1.54, 1.807) is 0 Å². The molecule has 0 amide bonds. The van der Waals surface area contributed by atoms with Crippen molar-refractivity contribution in [3.05, 3.63) is 13.8 Å². The molecule has 0 fully saturated rings. The Labute approximate surface area is 132 Å². The minimum absolute atomic E-state index is 0.876. The Bertz CT molecular complexity index is 110. The predicted octanol–water partition coefficient (Wildman–Crippen LogP) is 6.72. The van der Waals surface area contributed by atoms with Crippen LogP contribution >= 0.6 is 9.82 Å². The van der Waals surface area contributed by atoms with E-state index < -0.39 is 0 Å². The summed E-state index contributed by atoms with van der Waals surface area (Å²) >= 11 is 1.53. The molecule has 0 aromatic rings. The fraction of sp³-hybridized carbons (Fsp3) is 0.875. The fourth-order valence-electron chi connectivity index (χ4n) is 1.46. The van der Waals surface area contributed by atoms with Crippen LogP contribution in [0.25, 0.3) is 0 Å². The summed E-state index contributed by atoms with van der Waals surface area (Å²) in [6.45, 7) is 16.6. The first kappa shape index (κ1) is 24.0. The maximum absolute atomic E-state index is 4.09. The van der Waals surface area contributed by atoms with Gasteiger partial charge in [0.05, 0.1) is 0 Å². The molecule has 0 aromatic carbocycles. The maximum atomic E-state index is 4.09. The average molecular weight is 354 g/mol. The van der Waals surface area contributed by atoms with Crippen LogP contribution < -0.4 is 0 Å². The molecule has 0 radical (unpaired) electrons. The molecule has 0 rings (SSSR count). The van der Waals surface area contributed by atoms with Crippen molar-refractivity contribution in [2.75, 3.05) is 0 Å². The molecule has 0 unspecified atom stereocenters. The Balaban J connectivity index is -0.000000219. The van der Waals surface area contributed by atoms with Crippen molar-refractivity contribution in [2.24, 2.45) is 11.8 Å². The van der Waals surface area contributed by atoms with Gasteiger partial charge in [0.1, 0.15) is 0 Å². The van der Waals surface area contributed by atoms with Gasteiger partial charge in [0.15, 0.2) is 0 Å². The SMILES string of the molecule is [CH2-]CCCCC(C)C.[CH2-]CCCCC(C)C.[S]=[Mo]. The van der Waals surface area contributed by atoms with E-state index in [4.69, 9.17) is 0 Å². The van der Waals surface area contributed by atoms with Gasteiger partial charge in [-0.05, 0) is 11.8 Å². The normalized spacial score (nSPS) is 9.56. The molecular weight excluding hydrogens is 320 g/mol. The van der Waals surface area contributed by atoms with Crippen molar-refractivity contribution in [1.82, 2.24) is 0 Å². The van der Waals surface area contributed by atoms with Gasteiger partial charge in [-0.1, -0.05) is 66.2 Å². The Hall–Kier alpha value is 0.908. The molecule has 0 spiro atoms. The summed E-state index contributed by atoms with van der Waals surface area (Å²) in [5, 5.41) is 0. The molecule has 0 aromatic heterocycles. The van der Waals surface area contributed by atoms with Crippen LogP contribution in [0.5, 0.6) is 0 Å². The van der Waals surface area contributed by atoms with Crippen molar-refractivity contribution < 1.29 is 18.0 Å². The van der Waals surface area contributed by atoms with Gasteiger partial charge in [-0.2, -0.15) is 12.8 Å². The van der Waals surface area contributed by atoms with Crippen LogP contribution in [-0.4, -0.2) is 0 Å². The summed E-state index contributed by atoms with van der Waals surface area (Å²) < 4.78 is 0. The van der Waals surface area contributed by atoms with Crippen LogP contribution in [-0.2, 0) is 18.0 Å². The van der Waals surface area contributed by atoms with Crippen LogP contribution in [0.15, 0.2) is 0 Å². The van der Waals surface area contributed by atoms with Crippen molar-refractivity contribution >= 4 is 9.82 Å². The molecule has 0 saturated heterocycles. The molecule has 0 aliphatic carbocycles. The first-order valence-corrected chi connectivity index (χ1v) is 10.1. The monoisotopic (exact) mass is 356 g/mol. The quantitative estimate of drug-likeness (QED) is 0.265. The Morgan fingerprint density at radius 3 is 1.17 bits per heavy atom. The topological polar surface area (TPSA) is 0 Å². The zero-order valence-electron chi connectivity index (χ0n) is 13.0. The Kier molecular flexibility index (Phi) is 30.7. The van der Waals surface area contributed by atoms with E-state index in [0.717, 1.165) is 24.7 Å². The van der Waals surface area contributed by atoms with Crippen LogP contribution in [0.3, 0.4) is 0 Å². The third kappa shape index (κ3) is 36.0. The van der Waals surface area contributed by atoms with Crippen LogP contribution in [0.1, 0.15) is 79.1 Å². The third-order valence-corrected chi connectivity index (χ3v) is 2.56. The molecule has 18 heavy (non-hydrogen) atoms. The van der Waals surface area contributed by atoms with Gasteiger partial charge in [0.25, 0.3) is 0 Å². The molecule has 112 valence electrons. The number of hydrogen-bond acceptors (Lipinski definition) is 1. The van der Waals surface area contributed by atoms with E-state index in [9.17, 15) is 0 Å². The third-order valence-electron chi connectivity index (χ3n) is 2.56. The number of rotatable bonds is 8. The summed E-state index contributed by atoms with van der Waals surface area (Å²) in [5.41, 5.74) is 0. The van der Waals surface area contributed by atoms with Gasteiger partial charge in [-0.25, -0.2) is 0 Å². The van der Waals surface area contributed by atoms with Gasteiger partial charge in [-0.3, -0.25) is 0 Å². The van der Waals surface area contributed by atoms with E-state index in [1.807, 2.05) is 0 Å². The predicted molar refractivity (Wildman–Crippen MR) is 84.9 cm³/mol. The van der Waals surface area contributed by atoms with Crippen molar-refractivity contribution in [3.63, 3.8) is 0 Å². The Morgan fingerprint density at radius 1 is 0.722 bits per heavy atom. The summed E-state index contributed by atoms with van der Waals surface area (Å²) in [4.78, 5) is 0. The first-order valence-electron chi connectivity index (χ1n) is 7.29. The molecule has 0 saturated carbocycles. The zero-order chi connectivity index (χ0) is 14.8. The van der Waals surface area contributed by atoms with Crippen molar-refractivity contribution in [1.29, 1.82) is 0 Å². The van der Waals surface area contributed by atoms with Gasteiger partial charge in [-0.15, -0.1) is 0 Å². The van der Waals surface area contributed by atoms with Crippen LogP contribution in [0.2, 0.25) is 0 Å². The molecule has 2 heteroatoms. The summed E-state index contributed by atoms with van der Waals surface area (Å²) in [5.74, 6) is 1.75. The molecule has 0 nitrogen and oxygen atoms in total. The number of hydrogen-bond donors (Lipinski definition) is 0. The standard InChI is InChI=1S/2C8H17.Mo.S/c2*1-4-5-6-7-8(2)3;;/h2*8H,1,4-7H2,2-3H3;;/q2*-1;;. The molecule has 0 aliphatic heterocycles. The summed E-state index contributed by atoms with van der Waals surface area (Å²) in [7, 11) is 4.09. The van der Waals surface area contributed by atoms with Crippen molar-refractivity contribution in [2.45, 2.75) is 79.1 Å². The van der Waals surface area contributed by atoms with Gasteiger partial charge in [0.2, 0.25) is 0 Å². The van der Waals surface area contributed by atoms with E-state index in [-0.39, 0.29) is 0 Å². The van der Waals surface area contributed by atoms with Gasteiger partial charge in [0, 0.05) is 0 Å². The molecule has 0 aliphatic rings. The molecule has 0 atom stereocenters. The van der Waals surface area contributed by atoms with E-state index in [2.05, 4.69) is 51.4 Å². The Morgan fingerprint density at radius 2 is 1.00 bits per heavy atom. The van der Waals surface area contributed by atoms with E-state index in [0.29, 0.717) is 0 Å². The van der Waals surface area contributed by atoms with Crippen LogP contribution in [0.4, 0.5) is 0 Å². The second kappa shape index (κ2) is 23.0. The zero-order valence-corrected chi connectivity index (χ0v) is 15.9. The van der Waals surface area contributed by atoms with E-state index in [1.165, 1.54) is 56.5 Å². The molecule has 0 bridgehead atoms. The second-order valence-electron chi connectivity index (χ2n) is 5.49. The number of unbranched alkanes of at least 4 members (excludes halogenated alkanes) is 4. The average Bonchev–Trinajstić information content (AvgIpc) is 2.32. The summed E-state index contributed by atoms with van der Waals surface area (Å²) in [6.07, 6.45) is 10.3. The van der Waals surface area contributed by atoms with Gasteiger partial charge < -0.3 is 13.8 Å². The molecular formula is C16H34MoS-2. The van der Waals surface area contributed by atoms with E-state index >= 15 is 0 Å². The van der Waals surface area contributed by atoms with Gasteiger partial charge >= 0.3 is 27.8 Å². The second-order valence-corrected chi connectivity index (χ2v) is 5.49.